The predicted molar refractivity (Wildman–Crippen MR) is 81.2 cm³/mol. The molecule has 0 aromatic rings. The van der Waals surface area contributed by atoms with Crippen LogP contribution >= 0.6 is 0 Å². The highest BCUT2D eigenvalue weighted by Gasteiger charge is 2.08. The highest BCUT2D eigenvalue weighted by molar-refractivity contribution is 5.54. The molecule has 0 fully saturated rings. The van der Waals surface area contributed by atoms with Gasteiger partial charge in [0.15, 0.2) is 12.3 Å². The number of hydroxylamine groups is 1. The molecule has 0 spiro atoms. The lowest BCUT2D eigenvalue weighted by Gasteiger charge is -2.12. The van der Waals surface area contributed by atoms with E-state index < -0.39 is 0 Å². The zero-order valence-corrected chi connectivity index (χ0v) is 13.0. The third-order valence-corrected chi connectivity index (χ3v) is 3.69. The fourth-order valence-electron chi connectivity index (χ4n) is 2.08. The standard InChI is InChI=1S/C16H33NO/c1-5-7-8-9-10-11-12-13-15(3)14-17(18)16(4)6-2/h14-16H,5-13H2,1-4H3. The maximum Gasteiger partial charge on any atom is 0.159 e. The first-order valence-corrected chi connectivity index (χ1v) is 7.92. The maximum absolute atomic E-state index is 11.7. The molecule has 0 aromatic carbocycles. The van der Waals surface area contributed by atoms with Gasteiger partial charge in [0.1, 0.15) is 0 Å². The summed E-state index contributed by atoms with van der Waals surface area (Å²) < 4.78 is 1.14. The van der Waals surface area contributed by atoms with E-state index >= 15 is 0 Å². The summed E-state index contributed by atoms with van der Waals surface area (Å²) in [4.78, 5) is 0. The van der Waals surface area contributed by atoms with Gasteiger partial charge in [0.25, 0.3) is 0 Å². The summed E-state index contributed by atoms with van der Waals surface area (Å²) >= 11 is 0. The van der Waals surface area contributed by atoms with E-state index in [1.807, 2.05) is 13.1 Å². The summed E-state index contributed by atoms with van der Waals surface area (Å²) in [5.74, 6) is 0.423. The first-order valence-electron chi connectivity index (χ1n) is 7.92. The van der Waals surface area contributed by atoms with E-state index in [4.69, 9.17) is 0 Å². The van der Waals surface area contributed by atoms with Crippen molar-refractivity contribution in [2.75, 3.05) is 0 Å². The third kappa shape index (κ3) is 9.49. The second-order valence-electron chi connectivity index (χ2n) is 5.65. The lowest BCUT2D eigenvalue weighted by Crippen LogP contribution is -2.20. The average Bonchev–Trinajstić information content (AvgIpc) is 2.36. The summed E-state index contributed by atoms with van der Waals surface area (Å²) in [6, 6.07) is 0.126. The van der Waals surface area contributed by atoms with E-state index in [0.717, 1.165) is 17.6 Å². The van der Waals surface area contributed by atoms with Gasteiger partial charge in [0.05, 0.1) is 0 Å². The monoisotopic (exact) mass is 255 g/mol. The van der Waals surface area contributed by atoms with Gasteiger partial charge in [0.2, 0.25) is 0 Å². The van der Waals surface area contributed by atoms with Crippen molar-refractivity contribution >= 4 is 6.21 Å². The third-order valence-electron chi connectivity index (χ3n) is 3.69. The first-order chi connectivity index (χ1) is 8.61. The van der Waals surface area contributed by atoms with Crippen molar-refractivity contribution in [2.45, 2.75) is 91.5 Å². The van der Waals surface area contributed by atoms with Crippen LogP contribution in [-0.4, -0.2) is 17.0 Å². The Morgan fingerprint density at radius 3 is 2.06 bits per heavy atom. The van der Waals surface area contributed by atoms with Crippen LogP contribution in [0.4, 0.5) is 0 Å². The van der Waals surface area contributed by atoms with Gasteiger partial charge in [0, 0.05) is 12.3 Å². The molecule has 0 aliphatic rings. The molecule has 0 N–H and O–H groups in total. The van der Waals surface area contributed by atoms with E-state index in [1.54, 1.807) is 0 Å². The fourth-order valence-corrected chi connectivity index (χ4v) is 2.08. The largest absolute Gasteiger partial charge is 0.624 e. The van der Waals surface area contributed by atoms with Crippen molar-refractivity contribution in [2.24, 2.45) is 5.92 Å². The zero-order valence-electron chi connectivity index (χ0n) is 13.0. The van der Waals surface area contributed by atoms with Gasteiger partial charge in [-0.15, -0.1) is 0 Å². The van der Waals surface area contributed by atoms with Crippen molar-refractivity contribution in [3.05, 3.63) is 5.21 Å². The van der Waals surface area contributed by atoms with E-state index in [0.29, 0.717) is 5.92 Å². The van der Waals surface area contributed by atoms with Crippen LogP contribution in [0.2, 0.25) is 0 Å². The van der Waals surface area contributed by atoms with E-state index in [2.05, 4.69) is 20.8 Å². The molecular weight excluding hydrogens is 222 g/mol. The normalized spacial score (nSPS) is 15.7. The molecule has 0 bridgehead atoms. The smallest absolute Gasteiger partial charge is 0.159 e. The second kappa shape index (κ2) is 11.6. The van der Waals surface area contributed by atoms with Crippen LogP contribution in [0.1, 0.15) is 85.5 Å². The minimum absolute atomic E-state index is 0.126. The second-order valence-corrected chi connectivity index (χ2v) is 5.65. The van der Waals surface area contributed by atoms with Crippen LogP contribution < -0.4 is 0 Å². The van der Waals surface area contributed by atoms with Crippen LogP contribution in [-0.2, 0) is 0 Å². The SMILES string of the molecule is CCCCCCCCCC(C)C=[N+]([O-])C(C)CC. The number of nitrogens with zero attached hydrogens (tertiary/aromatic N) is 1. The van der Waals surface area contributed by atoms with Gasteiger partial charge in [-0.2, -0.15) is 0 Å². The van der Waals surface area contributed by atoms with Gasteiger partial charge in [-0.1, -0.05) is 65.7 Å². The molecular formula is C16H33NO. The Morgan fingerprint density at radius 2 is 1.50 bits per heavy atom. The topological polar surface area (TPSA) is 26.1 Å². The molecule has 2 heteroatoms. The van der Waals surface area contributed by atoms with Crippen LogP contribution in [0.25, 0.3) is 0 Å². The lowest BCUT2D eigenvalue weighted by atomic mass is 10.0. The molecule has 0 saturated heterocycles. The van der Waals surface area contributed by atoms with Crippen molar-refractivity contribution in [3.63, 3.8) is 0 Å². The lowest BCUT2D eigenvalue weighted by molar-refractivity contribution is -0.494. The molecule has 2 nitrogen and oxygen atoms in total. The summed E-state index contributed by atoms with van der Waals surface area (Å²) in [6.45, 7) is 8.46. The number of unbranched alkanes of at least 4 members (excludes halogenated alkanes) is 6. The van der Waals surface area contributed by atoms with E-state index in [1.165, 1.54) is 44.9 Å². The minimum atomic E-state index is 0.126. The summed E-state index contributed by atoms with van der Waals surface area (Å²) in [5.41, 5.74) is 0. The number of hydrogen-bond acceptors (Lipinski definition) is 1. The molecule has 18 heavy (non-hydrogen) atoms. The predicted octanol–water partition coefficient (Wildman–Crippen LogP) is 5.14. The summed E-state index contributed by atoms with van der Waals surface area (Å²) in [5, 5.41) is 11.7. The molecule has 0 aliphatic heterocycles. The van der Waals surface area contributed by atoms with Crippen molar-refractivity contribution in [3.8, 4) is 0 Å². The zero-order chi connectivity index (χ0) is 13.8. The number of rotatable bonds is 11. The molecule has 0 amide bonds. The van der Waals surface area contributed by atoms with E-state index in [-0.39, 0.29) is 6.04 Å². The Morgan fingerprint density at radius 1 is 0.944 bits per heavy atom. The number of hydrogen-bond donors (Lipinski definition) is 0. The molecule has 0 aliphatic carbocycles. The van der Waals surface area contributed by atoms with E-state index in [9.17, 15) is 5.21 Å². The summed E-state index contributed by atoms with van der Waals surface area (Å²) in [7, 11) is 0. The highest BCUT2D eigenvalue weighted by atomic mass is 16.5. The molecule has 0 heterocycles. The van der Waals surface area contributed by atoms with Crippen LogP contribution in [0.15, 0.2) is 0 Å². The quantitative estimate of drug-likeness (QED) is 0.165. The fraction of sp³-hybridized carbons (Fsp3) is 0.938. The Hall–Kier alpha value is -0.530. The molecule has 2 atom stereocenters. The molecule has 0 radical (unpaired) electrons. The summed E-state index contributed by atoms with van der Waals surface area (Å²) in [6.07, 6.45) is 13.4. The van der Waals surface area contributed by atoms with Crippen molar-refractivity contribution in [1.82, 2.24) is 0 Å². The molecule has 0 aromatic heterocycles. The van der Waals surface area contributed by atoms with Crippen LogP contribution in [0, 0.1) is 11.1 Å². The van der Waals surface area contributed by atoms with Gasteiger partial charge in [-0.05, 0) is 13.3 Å². The van der Waals surface area contributed by atoms with Gasteiger partial charge >= 0.3 is 0 Å². The molecule has 0 saturated carbocycles. The molecule has 0 rings (SSSR count). The van der Waals surface area contributed by atoms with Crippen molar-refractivity contribution < 1.29 is 4.74 Å². The van der Waals surface area contributed by atoms with Crippen LogP contribution in [0.5, 0.6) is 0 Å². The average molecular weight is 255 g/mol. The highest BCUT2D eigenvalue weighted by Crippen LogP contribution is 2.11. The minimum Gasteiger partial charge on any atom is -0.624 e. The molecule has 2 unspecified atom stereocenters. The van der Waals surface area contributed by atoms with Crippen molar-refractivity contribution in [1.29, 1.82) is 0 Å². The Kier molecular flexibility index (Phi) is 11.2. The van der Waals surface area contributed by atoms with Crippen LogP contribution in [0.3, 0.4) is 0 Å². The van der Waals surface area contributed by atoms with Gasteiger partial charge in [-0.25, -0.2) is 4.74 Å². The Balaban J connectivity index is 3.55. The first kappa shape index (κ1) is 17.5. The van der Waals surface area contributed by atoms with Gasteiger partial charge < -0.3 is 5.21 Å². The molecule has 108 valence electrons. The Bertz CT molecular complexity index is 213. The van der Waals surface area contributed by atoms with Gasteiger partial charge in [-0.3, -0.25) is 0 Å². The Labute approximate surface area is 114 Å². The maximum atomic E-state index is 11.7.